The van der Waals surface area contributed by atoms with Crippen LogP contribution >= 0.6 is 11.6 Å². The van der Waals surface area contributed by atoms with E-state index in [9.17, 15) is 9.90 Å². The van der Waals surface area contributed by atoms with Crippen molar-refractivity contribution in [1.29, 1.82) is 0 Å². The summed E-state index contributed by atoms with van der Waals surface area (Å²) in [5.74, 6) is -0.487. The molecule has 2 N–H and O–H groups in total. The van der Waals surface area contributed by atoms with Crippen molar-refractivity contribution in [2.45, 2.75) is 12.0 Å². The Morgan fingerprint density at radius 3 is 3.05 bits per heavy atom. The zero-order valence-corrected chi connectivity index (χ0v) is 11.4. The van der Waals surface area contributed by atoms with Gasteiger partial charge in [-0.25, -0.2) is 0 Å². The Hall–Kier alpha value is -1.30. The molecule has 0 aromatic heterocycles. The number of rotatable bonds is 4. The Balaban J connectivity index is 2.03. The van der Waals surface area contributed by atoms with Crippen LogP contribution < -0.4 is 5.32 Å². The highest BCUT2D eigenvalue weighted by atomic mass is 35.5. The first-order chi connectivity index (χ1) is 9.06. The summed E-state index contributed by atoms with van der Waals surface area (Å²) in [6.45, 7) is 1.39. The van der Waals surface area contributed by atoms with E-state index in [-0.39, 0.29) is 17.2 Å². The second-order valence-electron chi connectivity index (χ2n) is 4.53. The number of phenolic OH excluding ortho intramolecular Hbond substituents is 1. The minimum atomic E-state index is -0.482. The first-order valence-corrected chi connectivity index (χ1v) is 6.34. The van der Waals surface area contributed by atoms with E-state index in [2.05, 4.69) is 5.32 Å². The van der Waals surface area contributed by atoms with Gasteiger partial charge in [-0.05, 0) is 18.2 Å². The molecular formula is C13H16ClNO4. The van der Waals surface area contributed by atoms with Crippen LogP contribution in [-0.2, 0) is 9.47 Å². The molecule has 1 aromatic rings. The van der Waals surface area contributed by atoms with Crippen LogP contribution in [0.15, 0.2) is 18.2 Å². The third-order valence-electron chi connectivity index (χ3n) is 3.27. The van der Waals surface area contributed by atoms with Crippen LogP contribution in [-0.4, -0.2) is 43.5 Å². The molecule has 1 aliphatic rings. The number of hydrogen-bond acceptors (Lipinski definition) is 4. The van der Waals surface area contributed by atoms with Gasteiger partial charge >= 0.3 is 0 Å². The number of hydrogen-bond donors (Lipinski definition) is 2. The second kappa shape index (κ2) is 5.77. The van der Waals surface area contributed by atoms with Crippen molar-refractivity contribution in [1.82, 2.24) is 5.32 Å². The number of nitrogens with one attached hydrogen (secondary N) is 1. The highest BCUT2D eigenvalue weighted by Gasteiger charge is 2.35. The Morgan fingerprint density at radius 1 is 1.63 bits per heavy atom. The van der Waals surface area contributed by atoms with Crippen molar-refractivity contribution in [3.05, 3.63) is 28.8 Å². The molecule has 1 unspecified atom stereocenters. The van der Waals surface area contributed by atoms with Gasteiger partial charge in [0.25, 0.3) is 5.91 Å². The molecule has 6 heteroatoms. The van der Waals surface area contributed by atoms with E-state index >= 15 is 0 Å². The number of phenols is 1. The van der Waals surface area contributed by atoms with Crippen LogP contribution in [0.4, 0.5) is 0 Å². The summed E-state index contributed by atoms with van der Waals surface area (Å²) >= 11 is 5.81. The molecule has 1 atom stereocenters. The molecule has 1 saturated heterocycles. The average molecular weight is 286 g/mol. The molecule has 5 nitrogen and oxygen atoms in total. The summed E-state index contributed by atoms with van der Waals surface area (Å²) in [4.78, 5) is 12.0. The molecule has 1 amide bonds. The van der Waals surface area contributed by atoms with Crippen molar-refractivity contribution < 1.29 is 19.4 Å². The number of amides is 1. The lowest BCUT2D eigenvalue weighted by atomic mass is 10.0. The fourth-order valence-electron chi connectivity index (χ4n) is 1.99. The summed E-state index contributed by atoms with van der Waals surface area (Å²) in [6, 6.07) is 4.34. The molecule has 0 bridgehead atoms. The average Bonchev–Trinajstić information content (AvgIpc) is 2.88. The molecule has 1 aliphatic heterocycles. The molecule has 0 saturated carbocycles. The van der Waals surface area contributed by atoms with Crippen LogP contribution in [0.3, 0.4) is 0 Å². The summed E-state index contributed by atoms with van der Waals surface area (Å²) in [5.41, 5.74) is -0.332. The van der Waals surface area contributed by atoms with Crippen molar-refractivity contribution >= 4 is 17.5 Å². The number of carbonyl (C=O) groups is 1. The first-order valence-electron chi connectivity index (χ1n) is 5.96. The molecule has 1 fully saturated rings. The van der Waals surface area contributed by atoms with Crippen molar-refractivity contribution in [2.24, 2.45) is 0 Å². The van der Waals surface area contributed by atoms with Crippen molar-refractivity contribution in [3.63, 3.8) is 0 Å². The number of ether oxygens (including phenoxy) is 2. The van der Waals surface area contributed by atoms with Gasteiger partial charge in [0.05, 0.1) is 12.2 Å². The van der Waals surface area contributed by atoms with E-state index in [0.717, 1.165) is 6.42 Å². The third-order valence-corrected chi connectivity index (χ3v) is 3.51. The maximum absolute atomic E-state index is 12.0. The van der Waals surface area contributed by atoms with E-state index in [1.165, 1.54) is 18.2 Å². The number of halogens is 1. The van der Waals surface area contributed by atoms with Gasteiger partial charge in [-0.3, -0.25) is 4.79 Å². The topological polar surface area (TPSA) is 67.8 Å². The number of methoxy groups -OCH3 is 1. The maximum atomic E-state index is 12.0. The molecule has 0 radical (unpaired) electrons. The largest absolute Gasteiger partial charge is 0.507 e. The normalized spacial score (nSPS) is 22.4. The van der Waals surface area contributed by atoms with Gasteiger partial charge in [-0.15, -0.1) is 0 Å². The summed E-state index contributed by atoms with van der Waals surface area (Å²) < 4.78 is 10.7. The van der Waals surface area contributed by atoms with Crippen LogP contribution in [0.25, 0.3) is 0 Å². The SMILES string of the molecule is COC1(CNC(=O)c2cc(Cl)ccc2O)CCOC1. The highest BCUT2D eigenvalue weighted by Crippen LogP contribution is 2.23. The van der Waals surface area contributed by atoms with E-state index in [4.69, 9.17) is 21.1 Å². The van der Waals surface area contributed by atoms with E-state index in [0.29, 0.717) is 24.8 Å². The summed E-state index contributed by atoms with van der Waals surface area (Å²) in [5, 5.41) is 12.8. The molecular weight excluding hydrogens is 270 g/mol. The van der Waals surface area contributed by atoms with Crippen molar-refractivity contribution in [2.75, 3.05) is 26.9 Å². The van der Waals surface area contributed by atoms with Gasteiger partial charge in [0.2, 0.25) is 0 Å². The Bertz CT molecular complexity index is 472. The lowest BCUT2D eigenvalue weighted by Gasteiger charge is -2.25. The summed E-state index contributed by atoms with van der Waals surface area (Å²) in [6.07, 6.45) is 0.727. The standard InChI is InChI=1S/C13H16ClNO4/c1-18-13(4-5-19-8-13)7-15-12(17)10-6-9(14)2-3-11(10)16/h2-3,6,16H,4-5,7-8H2,1H3,(H,15,17). The smallest absolute Gasteiger partial charge is 0.255 e. The van der Waals surface area contributed by atoms with E-state index < -0.39 is 5.60 Å². The number of aromatic hydroxyl groups is 1. The highest BCUT2D eigenvalue weighted by molar-refractivity contribution is 6.31. The fraction of sp³-hybridized carbons (Fsp3) is 0.462. The molecule has 1 aromatic carbocycles. The number of benzene rings is 1. The van der Waals surface area contributed by atoms with Gasteiger partial charge < -0.3 is 19.9 Å². The third kappa shape index (κ3) is 3.18. The predicted molar refractivity (Wildman–Crippen MR) is 70.6 cm³/mol. The quantitative estimate of drug-likeness (QED) is 0.881. The lowest BCUT2D eigenvalue weighted by Crippen LogP contribution is -2.45. The van der Waals surface area contributed by atoms with Crippen LogP contribution in [0, 0.1) is 0 Å². The minimum absolute atomic E-state index is 0.101. The molecule has 104 valence electrons. The summed E-state index contributed by atoms with van der Waals surface area (Å²) in [7, 11) is 1.59. The molecule has 0 spiro atoms. The Kier molecular flexibility index (Phi) is 4.29. The zero-order valence-electron chi connectivity index (χ0n) is 10.6. The van der Waals surface area contributed by atoms with Gasteiger partial charge in [0.15, 0.2) is 0 Å². The number of carbonyl (C=O) groups excluding carboxylic acids is 1. The van der Waals surface area contributed by atoms with Gasteiger partial charge in [0.1, 0.15) is 11.4 Å². The van der Waals surface area contributed by atoms with Gasteiger partial charge in [-0.1, -0.05) is 11.6 Å². The Morgan fingerprint density at radius 2 is 2.42 bits per heavy atom. The van der Waals surface area contributed by atoms with Crippen LogP contribution in [0.1, 0.15) is 16.8 Å². The maximum Gasteiger partial charge on any atom is 0.255 e. The van der Waals surface area contributed by atoms with E-state index in [1.54, 1.807) is 7.11 Å². The minimum Gasteiger partial charge on any atom is -0.507 e. The predicted octanol–water partition coefficient (Wildman–Crippen LogP) is 1.58. The van der Waals surface area contributed by atoms with Crippen LogP contribution in [0.2, 0.25) is 5.02 Å². The van der Waals surface area contributed by atoms with Gasteiger partial charge in [-0.2, -0.15) is 0 Å². The monoisotopic (exact) mass is 285 g/mol. The van der Waals surface area contributed by atoms with E-state index in [1.807, 2.05) is 0 Å². The fourth-order valence-corrected chi connectivity index (χ4v) is 2.16. The lowest BCUT2D eigenvalue weighted by molar-refractivity contribution is -0.0148. The van der Waals surface area contributed by atoms with Crippen LogP contribution in [0.5, 0.6) is 5.75 Å². The molecule has 2 rings (SSSR count). The first kappa shape index (κ1) is 14.1. The van der Waals surface area contributed by atoms with Crippen molar-refractivity contribution in [3.8, 4) is 5.75 Å². The molecule has 0 aliphatic carbocycles. The molecule has 1 heterocycles. The zero-order chi connectivity index (χ0) is 13.9. The second-order valence-corrected chi connectivity index (χ2v) is 4.97. The molecule has 19 heavy (non-hydrogen) atoms. The van der Waals surface area contributed by atoms with Gasteiger partial charge in [0, 0.05) is 31.7 Å². The Labute approximate surface area is 116 Å².